The maximum absolute atomic E-state index is 12.0. The molecule has 1 heterocycles. The highest BCUT2D eigenvalue weighted by Crippen LogP contribution is 2.31. The molecule has 5 nitrogen and oxygen atoms in total. The molecule has 23 heavy (non-hydrogen) atoms. The fraction of sp³-hybridized carbons (Fsp3) is 0.467. The monoisotopic (exact) mass is 329 g/mol. The van der Waals surface area contributed by atoms with Gasteiger partial charge in [0, 0.05) is 6.04 Å². The van der Waals surface area contributed by atoms with Crippen LogP contribution in [0.1, 0.15) is 24.4 Å². The number of carbonyl (C=O) groups excluding carboxylic acids is 2. The van der Waals surface area contributed by atoms with E-state index in [-0.39, 0.29) is 12.6 Å². The van der Waals surface area contributed by atoms with Crippen molar-refractivity contribution in [2.75, 3.05) is 19.6 Å². The van der Waals surface area contributed by atoms with Crippen molar-refractivity contribution in [3.63, 3.8) is 0 Å². The van der Waals surface area contributed by atoms with Crippen LogP contribution in [0.25, 0.3) is 0 Å². The topological polar surface area (TPSA) is 61.4 Å². The van der Waals surface area contributed by atoms with Crippen LogP contribution < -0.4 is 10.6 Å². The van der Waals surface area contributed by atoms with Gasteiger partial charge in [-0.15, -0.1) is 0 Å². The van der Waals surface area contributed by atoms with Crippen molar-refractivity contribution in [3.8, 4) is 0 Å². The van der Waals surface area contributed by atoms with E-state index in [1.807, 2.05) is 40.5 Å². The molecule has 0 spiro atoms. The highest BCUT2D eigenvalue weighted by atomic mass is 19.4. The Hall–Kier alpha value is -2.09. The molecule has 1 unspecified atom stereocenters. The number of halogens is 3. The molecule has 0 bridgehead atoms. The first-order valence-electron chi connectivity index (χ1n) is 7.28. The lowest BCUT2D eigenvalue weighted by molar-refractivity contribution is -0.125. The van der Waals surface area contributed by atoms with E-state index in [9.17, 15) is 22.8 Å². The number of alkyl halides is 3. The van der Waals surface area contributed by atoms with Gasteiger partial charge in [-0.1, -0.05) is 30.3 Å². The van der Waals surface area contributed by atoms with E-state index in [1.165, 1.54) is 0 Å². The summed E-state index contributed by atoms with van der Waals surface area (Å²) in [4.78, 5) is 25.0. The molecule has 1 aromatic carbocycles. The molecular formula is C15H18F3N3O2. The molecule has 1 aromatic rings. The lowest BCUT2D eigenvalue weighted by atomic mass is 10.0. The zero-order chi connectivity index (χ0) is 16.9. The summed E-state index contributed by atoms with van der Waals surface area (Å²) >= 11 is 0. The SMILES string of the molecule is O=C(CN1CCCC1c1ccccc1)NC(=O)NCC(F)(F)F. The number of hydrogen-bond acceptors (Lipinski definition) is 3. The van der Waals surface area contributed by atoms with Crippen molar-refractivity contribution >= 4 is 11.9 Å². The van der Waals surface area contributed by atoms with E-state index in [2.05, 4.69) is 0 Å². The Balaban J connectivity index is 1.83. The van der Waals surface area contributed by atoms with Crippen LogP contribution in [-0.2, 0) is 4.79 Å². The molecule has 0 aliphatic carbocycles. The quantitative estimate of drug-likeness (QED) is 0.890. The van der Waals surface area contributed by atoms with E-state index < -0.39 is 24.7 Å². The number of rotatable bonds is 4. The van der Waals surface area contributed by atoms with Crippen molar-refractivity contribution in [3.05, 3.63) is 35.9 Å². The molecule has 1 atom stereocenters. The summed E-state index contributed by atoms with van der Waals surface area (Å²) in [7, 11) is 0. The van der Waals surface area contributed by atoms with Gasteiger partial charge < -0.3 is 5.32 Å². The fourth-order valence-electron chi connectivity index (χ4n) is 2.64. The highest BCUT2D eigenvalue weighted by Gasteiger charge is 2.29. The summed E-state index contributed by atoms with van der Waals surface area (Å²) in [5, 5.41) is 3.53. The Bertz CT molecular complexity index is 549. The van der Waals surface area contributed by atoms with Gasteiger partial charge >= 0.3 is 12.2 Å². The van der Waals surface area contributed by atoms with Gasteiger partial charge in [-0.05, 0) is 24.9 Å². The second-order valence-corrected chi connectivity index (χ2v) is 5.39. The number of imide groups is 1. The number of likely N-dealkylation sites (tertiary alicyclic amines) is 1. The van der Waals surface area contributed by atoms with Crippen molar-refractivity contribution in [1.29, 1.82) is 0 Å². The minimum atomic E-state index is -4.51. The van der Waals surface area contributed by atoms with Gasteiger partial charge in [-0.2, -0.15) is 13.2 Å². The van der Waals surface area contributed by atoms with Gasteiger partial charge in [0.1, 0.15) is 6.54 Å². The summed E-state index contributed by atoms with van der Waals surface area (Å²) in [6.07, 6.45) is -2.68. The molecule has 1 fully saturated rings. The molecule has 1 aliphatic rings. The van der Waals surface area contributed by atoms with Gasteiger partial charge in [0.15, 0.2) is 0 Å². The van der Waals surface area contributed by atoms with E-state index in [0.717, 1.165) is 18.4 Å². The largest absolute Gasteiger partial charge is 0.405 e. The van der Waals surface area contributed by atoms with Crippen LogP contribution in [0.15, 0.2) is 30.3 Å². The van der Waals surface area contributed by atoms with Gasteiger partial charge in [0.2, 0.25) is 5.91 Å². The number of nitrogens with zero attached hydrogens (tertiary/aromatic N) is 1. The summed E-state index contributed by atoms with van der Waals surface area (Å²) in [6.45, 7) is -0.793. The maximum Gasteiger partial charge on any atom is 0.405 e. The maximum atomic E-state index is 12.0. The van der Waals surface area contributed by atoms with Gasteiger partial charge in [0.25, 0.3) is 0 Å². The van der Waals surface area contributed by atoms with Crippen LogP contribution in [-0.4, -0.2) is 42.6 Å². The van der Waals surface area contributed by atoms with E-state index in [0.29, 0.717) is 6.54 Å². The van der Waals surface area contributed by atoms with Crippen molar-refractivity contribution in [1.82, 2.24) is 15.5 Å². The van der Waals surface area contributed by atoms with Crippen molar-refractivity contribution in [2.24, 2.45) is 0 Å². The van der Waals surface area contributed by atoms with Gasteiger partial charge in [-0.3, -0.25) is 15.0 Å². The second kappa shape index (κ2) is 7.45. The predicted molar refractivity (Wildman–Crippen MR) is 77.6 cm³/mol. The van der Waals surface area contributed by atoms with Crippen LogP contribution in [0.4, 0.5) is 18.0 Å². The minimum Gasteiger partial charge on any atom is -0.329 e. The molecule has 0 radical (unpaired) electrons. The first-order valence-corrected chi connectivity index (χ1v) is 7.28. The molecule has 3 amide bonds. The van der Waals surface area contributed by atoms with E-state index in [1.54, 1.807) is 5.32 Å². The predicted octanol–water partition coefficient (Wildman–Crippen LogP) is 2.21. The number of urea groups is 1. The normalized spacial score (nSPS) is 18.7. The van der Waals surface area contributed by atoms with Crippen LogP contribution in [0.3, 0.4) is 0 Å². The summed E-state index contributed by atoms with van der Waals surface area (Å²) in [6, 6.07) is 8.62. The number of carbonyl (C=O) groups is 2. The van der Waals surface area contributed by atoms with Gasteiger partial charge in [-0.25, -0.2) is 4.79 Å². The minimum absolute atomic E-state index is 0.0288. The molecule has 2 rings (SSSR count). The molecule has 0 aromatic heterocycles. The first-order chi connectivity index (χ1) is 10.8. The first kappa shape index (κ1) is 17.3. The Morgan fingerprint density at radius 2 is 1.91 bits per heavy atom. The molecule has 2 N–H and O–H groups in total. The summed E-state index contributed by atoms with van der Waals surface area (Å²) < 4.78 is 36.0. The van der Waals surface area contributed by atoms with Crippen LogP contribution >= 0.6 is 0 Å². The van der Waals surface area contributed by atoms with Crippen LogP contribution in [0.5, 0.6) is 0 Å². The third-order valence-electron chi connectivity index (χ3n) is 3.60. The number of nitrogens with one attached hydrogen (secondary N) is 2. The molecular weight excluding hydrogens is 311 g/mol. The lowest BCUT2D eigenvalue weighted by Crippen LogP contribution is -2.46. The van der Waals surface area contributed by atoms with Crippen LogP contribution in [0.2, 0.25) is 0 Å². The molecule has 8 heteroatoms. The standard InChI is InChI=1S/C15H18F3N3O2/c16-15(17,18)10-19-14(23)20-13(22)9-21-8-4-7-12(21)11-5-2-1-3-6-11/h1-3,5-6,12H,4,7-10H2,(H2,19,20,22,23). The fourth-order valence-corrected chi connectivity index (χ4v) is 2.64. The average Bonchev–Trinajstić information content (AvgIpc) is 2.93. The second-order valence-electron chi connectivity index (χ2n) is 5.39. The van der Waals surface area contributed by atoms with E-state index in [4.69, 9.17) is 0 Å². The number of benzene rings is 1. The van der Waals surface area contributed by atoms with Crippen molar-refractivity contribution in [2.45, 2.75) is 25.1 Å². The van der Waals surface area contributed by atoms with Gasteiger partial charge in [0.05, 0.1) is 6.54 Å². The molecule has 1 saturated heterocycles. The lowest BCUT2D eigenvalue weighted by Gasteiger charge is -2.24. The summed E-state index contributed by atoms with van der Waals surface area (Å²) in [5.74, 6) is -0.618. The zero-order valence-electron chi connectivity index (χ0n) is 12.4. The Morgan fingerprint density at radius 3 is 2.57 bits per heavy atom. The molecule has 126 valence electrons. The van der Waals surface area contributed by atoms with Crippen molar-refractivity contribution < 1.29 is 22.8 Å². The number of amides is 3. The molecule has 1 aliphatic heterocycles. The van der Waals surface area contributed by atoms with Crippen LogP contribution in [0, 0.1) is 0 Å². The Kier molecular flexibility index (Phi) is 5.59. The highest BCUT2D eigenvalue weighted by molar-refractivity contribution is 5.95. The Morgan fingerprint density at radius 1 is 1.22 bits per heavy atom. The third-order valence-corrected chi connectivity index (χ3v) is 3.60. The summed E-state index contributed by atoms with van der Waals surface area (Å²) in [5.41, 5.74) is 1.08. The van der Waals surface area contributed by atoms with E-state index >= 15 is 0 Å². The zero-order valence-corrected chi connectivity index (χ0v) is 12.4. The molecule has 0 saturated carbocycles. The number of hydrogen-bond donors (Lipinski definition) is 2. The average molecular weight is 329 g/mol. The Labute approximate surface area is 131 Å². The third kappa shape index (κ3) is 5.55. The smallest absolute Gasteiger partial charge is 0.329 e.